The van der Waals surface area contributed by atoms with E-state index in [0.29, 0.717) is 49.7 Å². The smallest absolute Gasteiger partial charge is 0.462 e. The van der Waals surface area contributed by atoms with Crippen molar-refractivity contribution in [3.63, 3.8) is 0 Å². The molecular weight excluding hydrogens is 877 g/mol. The van der Waals surface area contributed by atoms with Gasteiger partial charge < -0.3 is 57.2 Å². The normalized spacial score (nSPS) is 44.5. The van der Waals surface area contributed by atoms with Crippen LogP contribution in [0.4, 0.5) is 4.79 Å². The molecule has 2 aliphatic carbocycles. The number of Topliss-reactive ketones (excluding diaryl/α,β-unsaturated/α-hetero) is 1. The summed E-state index contributed by atoms with van der Waals surface area (Å²) in [4.78, 5) is 40.1. The SMILES string of the molecule is C=CCOC(=O)O[C@@H]1C(C)=C[C@H]2C(=O)O[C@H]3C[C@@H](C/C=C(\C)[C@@H](O[C@@H]4C[C@H](C)[C@H](O[C@@H]5C[C@H](C)C(=O)[C@@H](OC)O5)[C@@H](OC)O4)[C@@H](C)/C=C/C=C4\CC[C@H]1[C@@]42O)O[C@@]1(C=C[C@H](C)[C@@H](C(C)CC)O1)C3. The Balaban J connectivity index is 1.21. The number of allylic oxidation sites excluding steroid dienone is 2. The van der Waals surface area contributed by atoms with Crippen molar-refractivity contribution in [3.8, 4) is 0 Å². The van der Waals surface area contributed by atoms with Gasteiger partial charge in [-0.05, 0) is 67.7 Å². The zero-order valence-corrected chi connectivity index (χ0v) is 41.7. The summed E-state index contributed by atoms with van der Waals surface area (Å²) in [5, 5.41) is 13.0. The predicted molar refractivity (Wildman–Crippen MR) is 249 cm³/mol. The molecule has 1 saturated carbocycles. The highest BCUT2D eigenvalue weighted by Gasteiger charge is 2.60. The van der Waals surface area contributed by atoms with E-state index in [1.54, 1.807) is 20.1 Å². The first-order valence-electron chi connectivity index (χ1n) is 24.8. The van der Waals surface area contributed by atoms with Crippen molar-refractivity contribution in [1.29, 1.82) is 0 Å². The van der Waals surface area contributed by atoms with Crippen molar-refractivity contribution in [3.05, 3.63) is 71.9 Å². The first kappa shape index (κ1) is 52.3. The molecular formula is C53H76O15. The van der Waals surface area contributed by atoms with Crippen LogP contribution in [0.25, 0.3) is 0 Å². The van der Waals surface area contributed by atoms with Crippen LogP contribution >= 0.6 is 0 Å². The average molecular weight is 953 g/mol. The molecule has 0 radical (unpaired) electrons. The summed E-state index contributed by atoms with van der Waals surface area (Å²) in [6.45, 7) is 19.9. The van der Waals surface area contributed by atoms with E-state index in [-0.39, 0.29) is 54.5 Å². The lowest BCUT2D eigenvalue weighted by Crippen LogP contribution is -2.56. The molecule has 5 heterocycles. The molecule has 378 valence electrons. The first-order valence-corrected chi connectivity index (χ1v) is 24.8. The molecule has 0 amide bonds. The van der Waals surface area contributed by atoms with Crippen LogP contribution in [0.5, 0.6) is 0 Å². The van der Waals surface area contributed by atoms with Gasteiger partial charge in [-0.25, -0.2) is 4.79 Å². The lowest BCUT2D eigenvalue weighted by Gasteiger charge is -2.48. The van der Waals surface area contributed by atoms with E-state index in [4.69, 9.17) is 52.1 Å². The van der Waals surface area contributed by atoms with Crippen LogP contribution in [-0.2, 0) is 61.7 Å². The van der Waals surface area contributed by atoms with Gasteiger partial charge in [-0.3, -0.25) is 9.59 Å². The number of ether oxygens (including phenoxy) is 11. The number of aliphatic hydroxyl groups is 1. The molecule has 5 aliphatic heterocycles. The van der Waals surface area contributed by atoms with Crippen LogP contribution in [-0.4, -0.2) is 117 Å². The average Bonchev–Trinajstić information content (AvgIpc) is 3.65. The zero-order chi connectivity index (χ0) is 49.1. The van der Waals surface area contributed by atoms with E-state index in [1.807, 2.05) is 38.2 Å². The molecule has 15 heteroatoms. The molecule has 68 heavy (non-hydrogen) atoms. The van der Waals surface area contributed by atoms with Crippen molar-refractivity contribution >= 4 is 17.9 Å². The van der Waals surface area contributed by atoms with E-state index >= 15 is 0 Å². The number of fused-ring (bicyclic) bond motifs is 2. The molecule has 1 N–H and O–H groups in total. The number of hydrogen-bond acceptors (Lipinski definition) is 15. The molecule has 1 spiro atoms. The fourth-order valence-electron chi connectivity index (χ4n) is 11.4. The monoisotopic (exact) mass is 953 g/mol. The fraction of sp³-hybridized carbons (Fsp3) is 0.717. The highest BCUT2D eigenvalue weighted by atomic mass is 16.8. The summed E-state index contributed by atoms with van der Waals surface area (Å²) in [5.41, 5.74) is 0.466. The summed E-state index contributed by atoms with van der Waals surface area (Å²) in [6.07, 6.45) is 12.0. The second kappa shape index (κ2) is 22.3. The number of methoxy groups -OCH3 is 2. The van der Waals surface area contributed by atoms with Crippen LogP contribution < -0.4 is 0 Å². The molecule has 3 saturated heterocycles. The van der Waals surface area contributed by atoms with Crippen molar-refractivity contribution < 1.29 is 71.6 Å². The number of esters is 1. The molecule has 0 aromatic heterocycles. The van der Waals surface area contributed by atoms with Gasteiger partial charge in [0.25, 0.3) is 0 Å². The van der Waals surface area contributed by atoms with Gasteiger partial charge in [-0.1, -0.05) is 97.1 Å². The van der Waals surface area contributed by atoms with E-state index in [9.17, 15) is 19.5 Å². The Morgan fingerprint density at radius 1 is 0.956 bits per heavy atom. The first-order chi connectivity index (χ1) is 32.4. The van der Waals surface area contributed by atoms with Gasteiger partial charge in [0, 0.05) is 63.6 Å². The Morgan fingerprint density at radius 3 is 2.44 bits per heavy atom. The van der Waals surface area contributed by atoms with Crippen molar-refractivity contribution in [2.24, 2.45) is 41.4 Å². The molecule has 1 unspecified atom stereocenters. The highest BCUT2D eigenvalue weighted by molar-refractivity contribution is 5.84. The molecule has 7 rings (SSSR count). The van der Waals surface area contributed by atoms with Crippen molar-refractivity contribution in [2.75, 3.05) is 20.8 Å². The largest absolute Gasteiger partial charge is 0.509 e. The third-order valence-corrected chi connectivity index (χ3v) is 15.3. The third kappa shape index (κ3) is 11.2. The minimum Gasteiger partial charge on any atom is -0.462 e. The summed E-state index contributed by atoms with van der Waals surface area (Å²) in [6, 6.07) is 0. The van der Waals surface area contributed by atoms with Crippen molar-refractivity contribution in [2.45, 2.75) is 180 Å². The topological polar surface area (TPSA) is 173 Å². The zero-order valence-electron chi connectivity index (χ0n) is 41.7. The minimum atomic E-state index is -1.74. The maximum atomic E-state index is 14.7. The fourth-order valence-corrected chi connectivity index (χ4v) is 11.4. The number of carbonyl (C=O) groups excluding carboxylic acids is 3. The number of ketones is 1. The lowest BCUT2D eigenvalue weighted by atomic mass is 9.68. The van der Waals surface area contributed by atoms with Crippen LogP contribution in [0.1, 0.15) is 107 Å². The van der Waals surface area contributed by atoms with Crippen LogP contribution in [0, 0.1) is 41.4 Å². The number of carbonyl (C=O) groups is 3. The maximum Gasteiger partial charge on any atom is 0.509 e. The van der Waals surface area contributed by atoms with Gasteiger partial charge in [-0.15, -0.1) is 0 Å². The van der Waals surface area contributed by atoms with E-state index in [1.165, 1.54) is 13.2 Å². The number of rotatable bonds is 11. The van der Waals surface area contributed by atoms with Crippen LogP contribution in [0.2, 0.25) is 0 Å². The van der Waals surface area contributed by atoms with Crippen molar-refractivity contribution in [1.82, 2.24) is 0 Å². The van der Waals surface area contributed by atoms with E-state index in [2.05, 4.69) is 53.3 Å². The highest BCUT2D eigenvalue weighted by Crippen LogP contribution is 2.53. The molecule has 0 aromatic carbocycles. The minimum absolute atomic E-state index is 0.0298. The summed E-state index contributed by atoms with van der Waals surface area (Å²) in [5.74, 6) is -3.76. The van der Waals surface area contributed by atoms with Gasteiger partial charge >= 0.3 is 12.1 Å². The Kier molecular flexibility index (Phi) is 17.1. The quantitative estimate of drug-likeness (QED) is 0.155. The summed E-state index contributed by atoms with van der Waals surface area (Å²) < 4.78 is 68.4. The summed E-state index contributed by atoms with van der Waals surface area (Å²) >= 11 is 0. The van der Waals surface area contributed by atoms with Crippen LogP contribution in [0.3, 0.4) is 0 Å². The van der Waals surface area contributed by atoms with Gasteiger partial charge in [0.05, 0.1) is 18.3 Å². The van der Waals surface area contributed by atoms with Crippen LogP contribution in [0.15, 0.2) is 71.9 Å². The van der Waals surface area contributed by atoms with Gasteiger partial charge in [0.2, 0.25) is 6.29 Å². The maximum absolute atomic E-state index is 14.7. The molecule has 0 aromatic rings. The second-order valence-corrected chi connectivity index (χ2v) is 20.3. The second-order valence-electron chi connectivity index (χ2n) is 20.3. The summed E-state index contributed by atoms with van der Waals surface area (Å²) in [7, 11) is 3.00. The van der Waals surface area contributed by atoms with E-state index in [0.717, 1.165) is 12.0 Å². The van der Waals surface area contributed by atoms with E-state index < -0.39 is 91.0 Å². The molecule has 7 aliphatic rings. The molecule has 2 bridgehead atoms. The Labute approximate surface area is 402 Å². The van der Waals surface area contributed by atoms with Gasteiger partial charge in [0.1, 0.15) is 36.4 Å². The molecule has 15 nitrogen and oxygen atoms in total. The molecule has 4 fully saturated rings. The Hall–Kier alpha value is -3.51. The molecule has 19 atom stereocenters. The predicted octanol–water partition coefficient (Wildman–Crippen LogP) is 8.35. The lowest BCUT2D eigenvalue weighted by molar-refractivity contribution is -0.349. The van der Waals surface area contributed by atoms with Gasteiger partial charge in [0.15, 0.2) is 30.4 Å². The Morgan fingerprint density at radius 2 is 1.72 bits per heavy atom. The number of hydrogen-bond donors (Lipinski definition) is 1. The Bertz CT molecular complexity index is 1970. The standard InChI is InChI=1S/C53H76O15/c1-12-23-60-51(56)66-46-34(8)24-40-48(55)61-38-27-37(67-52(28-38)22-21-32(6)45(68-52)29(3)13-2)19-17-31(5)44(30(4)15-14-16-36-18-20-39(46)53(36,40)57)62-42-26-35(9)47(50(59-11)65-42)63-41-25-33(7)43(54)49(58-10)64-41/h12,14-17,21-22,24,29-30,32-33,35,37-42,44-47,49-50,57H,1,13,18-20,23,25-28H2,2-11H3/b15-14+,31-17+,36-16+/t29?,30-,32-,33-,35-,37+,38-,39+,40-,41-,42-,44-,45+,46+,47-,49-,50-,52+,53-/m0/s1. The third-order valence-electron chi connectivity index (χ3n) is 15.3. The van der Waals surface area contributed by atoms with Gasteiger partial charge in [-0.2, -0.15) is 0 Å².